The van der Waals surface area contributed by atoms with E-state index in [1.165, 1.54) is 4.90 Å². The van der Waals surface area contributed by atoms with Crippen LogP contribution in [0.15, 0.2) is 48.7 Å². The van der Waals surface area contributed by atoms with Crippen LogP contribution in [0.2, 0.25) is 5.15 Å². The molecule has 104 valence electrons. The van der Waals surface area contributed by atoms with E-state index in [0.29, 0.717) is 17.4 Å². The summed E-state index contributed by atoms with van der Waals surface area (Å²) in [6, 6.07) is 12.9. The lowest BCUT2D eigenvalue weighted by atomic mass is 10.2. The van der Waals surface area contributed by atoms with Gasteiger partial charge in [-0.3, -0.25) is 4.90 Å². The summed E-state index contributed by atoms with van der Waals surface area (Å²) in [6.45, 7) is 2.61. The van der Waals surface area contributed by atoms with Gasteiger partial charge >= 0.3 is 6.09 Å². The fraction of sp³-hybridized carbons (Fsp3) is 0.200. The lowest BCUT2D eigenvalue weighted by molar-refractivity contribution is 0.147. The zero-order valence-corrected chi connectivity index (χ0v) is 11.9. The lowest BCUT2D eigenvalue weighted by Crippen LogP contribution is -2.31. The van der Waals surface area contributed by atoms with Gasteiger partial charge < -0.3 is 4.74 Å². The zero-order chi connectivity index (χ0) is 14.4. The van der Waals surface area contributed by atoms with Gasteiger partial charge in [0.2, 0.25) is 0 Å². The molecule has 5 heteroatoms. The van der Waals surface area contributed by atoms with E-state index >= 15 is 0 Å². The Morgan fingerprint density at radius 3 is 2.70 bits per heavy atom. The Kier molecular flexibility index (Phi) is 4.96. The molecule has 0 aliphatic carbocycles. The molecule has 1 aromatic heterocycles. The van der Waals surface area contributed by atoms with Crippen molar-refractivity contribution in [2.24, 2.45) is 0 Å². The molecule has 0 atom stereocenters. The molecule has 0 aliphatic rings. The number of hydrogen-bond donors (Lipinski definition) is 0. The van der Waals surface area contributed by atoms with Crippen LogP contribution in [0.4, 0.5) is 10.5 Å². The molecule has 0 radical (unpaired) electrons. The van der Waals surface area contributed by atoms with Crippen LogP contribution in [0.3, 0.4) is 0 Å². The molecule has 2 rings (SSSR count). The molecule has 0 aliphatic heterocycles. The number of halogens is 1. The van der Waals surface area contributed by atoms with Crippen molar-refractivity contribution in [1.82, 2.24) is 4.98 Å². The summed E-state index contributed by atoms with van der Waals surface area (Å²) in [5, 5.41) is 0.344. The summed E-state index contributed by atoms with van der Waals surface area (Å²) in [5.74, 6) is 0. The highest BCUT2D eigenvalue weighted by Gasteiger charge is 2.15. The number of pyridine rings is 1. The Hall–Kier alpha value is -2.07. The Morgan fingerprint density at radius 2 is 2.05 bits per heavy atom. The van der Waals surface area contributed by atoms with E-state index < -0.39 is 6.09 Å². The van der Waals surface area contributed by atoms with Crippen LogP contribution in [0.5, 0.6) is 0 Å². The minimum absolute atomic E-state index is 0.245. The molecule has 0 unspecified atom stereocenters. The van der Waals surface area contributed by atoms with Crippen LogP contribution in [0, 0.1) is 0 Å². The molecule has 0 saturated heterocycles. The van der Waals surface area contributed by atoms with E-state index in [0.717, 1.165) is 5.56 Å². The van der Waals surface area contributed by atoms with Gasteiger partial charge in [0.05, 0.1) is 5.69 Å². The first kappa shape index (κ1) is 14.3. The van der Waals surface area contributed by atoms with Crippen molar-refractivity contribution < 1.29 is 9.53 Å². The largest absolute Gasteiger partial charge is 0.444 e. The van der Waals surface area contributed by atoms with Crippen LogP contribution >= 0.6 is 11.6 Å². The van der Waals surface area contributed by atoms with Crippen molar-refractivity contribution in [3.05, 3.63) is 59.4 Å². The molecule has 0 fully saturated rings. The number of ether oxygens (including phenoxy) is 1. The topological polar surface area (TPSA) is 42.4 Å². The average molecular weight is 291 g/mol. The Labute approximate surface area is 123 Å². The van der Waals surface area contributed by atoms with Gasteiger partial charge in [0.25, 0.3) is 0 Å². The monoisotopic (exact) mass is 290 g/mol. The highest BCUT2D eigenvalue weighted by Crippen LogP contribution is 2.18. The number of hydrogen-bond acceptors (Lipinski definition) is 3. The van der Waals surface area contributed by atoms with E-state index in [1.54, 1.807) is 18.3 Å². The zero-order valence-electron chi connectivity index (χ0n) is 11.1. The quantitative estimate of drug-likeness (QED) is 0.802. The van der Waals surface area contributed by atoms with Gasteiger partial charge in [-0.2, -0.15) is 0 Å². The maximum atomic E-state index is 12.1. The van der Waals surface area contributed by atoms with Crippen molar-refractivity contribution in [2.45, 2.75) is 13.5 Å². The number of anilines is 1. The van der Waals surface area contributed by atoms with Crippen molar-refractivity contribution in [2.75, 3.05) is 11.4 Å². The fourth-order valence-corrected chi connectivity index (χ4v) is 1.94. The fourth-order valence-electron chi connectivity index (χ4n) is 1.77. The highest BCUT2D eigenvalue weighted by molar-refractivity contribution is 6.29. The third-order valence-electron chi connectivity index (χ3n) is 2.76. The molecular formula is C15H15ClN2O2. The van der Waals surface area contributed by atoms with E-state index in [-0.39, 0.29) is 6.61 Å². The van der Waals surface area contributed by atoms with Gasteiger partial charge in [-0.1, -0.05) is 41.9 Å². The van der Waals surface area contributed by atoms with Crippen LogP contribution in [0.25, 0.3) is 0 Å². The van der Waals surface area contributed by atoms with Gasteiger partial charge in [-0.15, -0.1) is 0 Å². The lowest BCUT2D eigenvalue weighted by Gasteiger charge is -2.20. The molecule has 2 aromatic rings. The SMILES string of the molecule is CCN(C(=O)OCc1ccccc1)c1ccnc(Cl)c1. The number of aromatic nitrogens is 1. The van der Waals surface area contributed by atoms with Gasteiger partial charge in [0.15, 0.2) is 0 Å². The summed E-state index contributed by atoms with van der Waals surface area (Å²) in [7, 11) is 0. The van der Waals surface area contributed by atoms with Crippen molar-refractivity contribution in [3.63, 3.8) is 0 Å². The Morgan fingerprint density at radius 1 is 1.30 bits per heavy atom. The molecule has 0 N–H and O–H groups in total. The van der Waals surface area contributed by atoms with Crippen molar-refractivity contribution in [1.29, 1.82) is 0 Å². The summed E-state index contributed by atoms with van der Waals surface area (Å²) in [4.78, 5) is 17.5. The third-order valence-corrected chi connectivity index (χ3v) is 2.97. The van der Waals surface area contributed by atoms with Gasteiger partial charge in [-0.05, 0) is 24.6 Å². The number of benzene rings is 1. The van der Waals surface area contributed by atoms with Crippen LogP contribution in [-0.4, -0.2) is 17.6 Å². The van der Waals surface area contributed by atoms with E-state index in [4.69, 9.17) is 16.3 Å². The highest BCUT2D eigenvalue weighted by atomic mass is 35.5. The molecule has 1 aromatic carbocycles. The van der Waals surface area contributed by atoms with Crippen LogP contribution in [-0.2, 0) is 11.3 Å². The second kappa shape index (κ2) is 6.91. The minimum Gasteiger partial charge on any atom is -0.444 e. The first-order chi connectivity index (χ1) is 9.70. The standard InChI is InChI=1S/C15H15ClN2O2/c1-2-18(13-8-9-17-14(16)10-13)15(19)20-11-12-6-4-3-5-7-12/h3-10H,2,11H2,1H3. The maximum absolute atomic E-state index is 12.1. The van der Waals surface area contributed by atoms with Crippen LogP contribution in [0.1, 0.15) is 12.5 Å². The second-order valence-corrected chi connectivity index (χ2v) is 4.51. The molecule has 1 heterocycles. The molecule has 0 saturated carbocycles. The third kappa shape index (κ3) is 3.71. The number of carbonyl (C=O) groups is 1. The Balaban J connectivity index is 2.02. The number of amides is 1. The van der Waals surface area contributed by atoms with Crippen molar-refractivity contribution in [3.8, 4) is 0 Å². The van der Waals surface area contributed by atoms with Crippen LogP contribution < -0.4 is 4.90 Å². The molecular weight excluding hydrogens is 276 g/mol. The molecule has 0 spiro atoms. The average Bonchev–Trinajstić information content (AvgIpc) is 2.47. The molecule has 0 bridgehead atoms. The predicted molar refractivity (Wildman–Crippen MR) is 78.9 cm³/mol. The van der Waals surface area contributed by atoms with Gasteiger partial charge in [0.1, 0.15) is 11.8 Å². The summed E-state index contributed by atoms with van der Waals surface area (Å²) in [5.41, 5.74) is 1.62. The first-order valence-electron chi connectivity index (χ1n) is 6.30. The van der Waals surface area contributed by atoms with E-state index in [1.807, 2.05) is 37.3 Å². The number of nitrogens with zero attached hydrogens (tertiary/aromatic N) is 2. The minimum atomic E-state index is -0.404. The van der Waals surface area contributed by atoms with Gasteiger partial charge in [-0.25, -0.2) is 9.78 Å². The maximum Gasteiger partial charge on any atom is 0.414 e. The van der Waals surface area contributed by atoms with Crippen molar-refractivity contribution >= 4 is 23.4 Å². The molecule has 4 nitrogen and oxygen atoms in total. The number of rotatable bonds is 4. The first-order valence-corrected chi connectivity index (χ1v) is 6.68. The summed E-state index contributed by atoms with van der Waals surface area (Å²) >= 11 is 5.83. The molecule has 1 amide bonds. The Bertz CT molecular complexity index is 575. The summed E-state index contributed by atoms with van der Waals surface area (Å²) in [6.07, 6.45) is 1.16. The van der Waals surface area contributed by atoms with Gasteiger partial charge in [0, 0.05) is 12.7 Å². The summed E-state index contributed by atoms with van der Waals surface area (Å²) < 4.78 is 5.30. The number of carbonyl (C=O) groups excluding carboxylic acids is 1. The molecule has 20 heavy (non-hydrogen) atoms. The van der Waals surface area contributed by atoms with E-state index in [9.17, 15) is 4.79 Å². The predicted octanol–water partition coefficient (Wildman–Crippen LogP) is 3.90. The van der Waals surface area contributed by atoms with E-state index in [2.05, 4.69) is 4.98 Å². The normalized spacial score (nSPS) is 10.1. The second-order valence-electron chi connectivity index (χ2n) is 4.12. The smallest absolute Gasteiger partial charge is 0.414 e.